The van der Waals surface area contributed by atoms with Crippen LogP contribution in [0.4, 0.5) is 0 Å². The van der Waals surface area contributed by atoms with Crippen LogP contribution in [0.25, 0.3) is 10.9 Å². The zero-order valence-electron chi connectivity index (χ0n) is 7.73. The summed E-state index contributed by atoms with van der Waals surface area (Å²) >= 11 is 0. The summed E-state index contributed by atoms with van der Waals surface area (Å²) < 4.78 is 0. The van der Waals surface area contributed by atoms with Crippen molar-refractivity contribution < 1.29 is 5.11 Å². The molecule has 0 amide bonds. The molecule has 2 rings (SSSR count). The van der Waals surface area contributed by atoms with Crippen molar-refractivity contribution in [2.24, 2.45) is 0 Å². The summed E-state index contributed by atoms with van der Waals surface area (Å²) in [5, 5.41) is 17.6. The number of aromatic hydroxyl groups is 1. The molecule has 3 heteroatoms. The Kier molecular flexibility index (Phi) is 3.20. The number of hydrogen-bond donors (Lipinski definition) is 1. The van der Waals surface area contributed by atoms with E-state index in [1.54, 1.807) is 18.3 Å². The Morgan fingerprint density at radius 3 is 2.62 bits per heavy atom. The van der Waals surface area contributed by atoms with E-state index in [-0.39, 0.29) is 5.75 Å². The van der Waals surface area contributed by atoms with E-state index >= 15 is 0 Å². The number of nitrogens with zero attached hydrogens (tertiary/aromatic N) is 2. The maximum absolute atomic E-state index is 9.27. The Hall–Kier alpha value is -1.64. The van der Waals surface area contributed by atoms with Crippen molar-refractivity contribution in [1.29, 1.82) is 0 Å². The van der Waals surface area contributed by atoms with Crippen molar-refractivity contribution in [1.82, 2.24) is 10.2 Å². The highest BCUT2D eigenvalue weighted by molar-refractivity contribution is 5.83. The fraction of sp³-hybridized carbons (Fsp3) is 0.200. The van der Waals surface area contributed by atoms with Crippen molar-refractivity contribution in [3.05, 3.63) is 30.5 Å². The second-order valence-electron chi connectivity index (χ2n) is 2.25. The lowest BCUT2D eigenvalue weighted by Crippen LogP contribution is -1.81. The average molecular weight is 176 g/mol. The van der Waals surface area contributed by atoms with Gasteiger partial charge in [0, 0.05) is 5.39 Å². The van der Waals surface area contributed by atoms with Gasteiger partial charge in [-0.3, -0.25) is 0 Å². The van der Waals surface area contributed by atoms with E-state index in [9.17, 15) is 5.11 Å². The molecule has 68 valence electrons. The third kappa shape index (κ3) is 1.93. The Morgan fingerprint density at radius 1 is 1.15 bits per heavy atom. The quantitative estimate of drug-likeness (QED) is 0.670. The number of rotatable bonds is 0. The van der Waals surface area contributed by atoms with Crippen LogP contribution in [-0.2, 0) is 0 Å². The normalized spacial score (nSPS) is 9.08. The smallest absolute Gasteiger partial charge is 0.143 e. The van der Waals surface area contributed by atoms with Crippen LogP contribution in [0.3, 0.4) is 0 Å². The Balaban J connectivity index is 0.000000396. The van der Waals surface area contributed by atoms with Crippen LogP contribution >= 0.6 is 0 Å². The van der Waals surface area contributed by atoms with Gasteiger partial charge < -0.3 is 5.11 Å². The molecular formula is C10H12N2O. The van der Waals surface area contributed by atoms with Gasteiger partial charge >= 0.3 is 0 Å². The number of aromatic nitrogens is 2. The Labute approximate surface area is 77.1 Å². The van der Waals surface area contributed by atoms with Gasteiger partial charge in [-0.2, -0.15) is 5.10 Å². The lowest BCUT2D eigenvalue weighted by Gasteiger charge is -1.95. The molecule has 3 nitrogen and oxygen atoms in total. The van der Waals surface area contributed by atoms with Gasteiger partial charge in [-0.25, -0.2) is 0 Å². The molecule has 0 aliphatic heterocycles. The third-order valence-corrected chi connectivity index (χ3v) is 1.52. The van der Waals surface area contributed by atoms with Crippen LogP contribution in [0.5, 0.6) is 5.75 Å². The maximum atomic E-state index is 9.27. The molecule has 1 N–H and O–H groups in total. The standard InChI is InChI=1S/C8H6N2O.C2H6/c11-7-3-1-2-6-4-5-9-10-8(6)7;1-2/h1-5,11H;1-2H3. The summed E-state index contributed by atoms with van der Waals surface area (Å²) in [5.41, 5.74) is 0.551. The predicted octanol–water partition coefficient (Wildman–Crippen LogP) is 2.36. The molecule has 2 aromatic rings. The molecule has 0 saturated carbocycles. The summed E-state index contributed by atoms with van der Waals surface area (Å²) in [6.07, 6.45) is 1.60. The highest BCUT2D eigenvalue weighted by Crippen LogP contribution is 2.19. The summed E-state index contributed by atoms with van der Waals surface area (Å²) in [4.78, 5) is 0. The minimum absolute atomic E-state index is 0.176. The molecule has 0 aliphatic rings. The van der Waals surface area contributed by atoms with Gasteiger partial charge in [0.15, 0.2) is 0 Å². The van der Waals surface area contributed by atoms with Gasteiger partial charge in [-0.1, -0.05) is 26.0 Å². The minimum Gasteiger partial charge on any atom is -0.506 e. The minimum atomic E-state index is 0.176. The first-order valence-electron chi connectivity index (χ1n) is 4.27. The number of phenolic OH excluding ortho intramolecular Hbond substituents is 1. The molecule has 0 atom stereocenters. The molecule has 0 fully saturated rings. The van der Waals surface area contributed by atoms with Crippen molar-refractivity contribution in [2.45, 2.75) is 13.8 Å². The fourth-order valence-corrected chi connectivity index (χ4v) is 0.997. The van der Waals surface area contributed by atoms with Crippen LogP contribution in [0.15, 0.2) is 30.5 Å². The zero-order chi connectivity index (χ0) is 9.68. The first kappa shape index (κ1) is 9.45. The first-order valence-corrected chi connectivity index (χ1v) is 4.27. The number of fused-ring (bicyclic) bond motifs is 1. The van der Waals surface area contributed by atoms with Crippen molar-refractivity contribution in [3.63, 3.8) is 0 Å². The first-order chi connectivity index (χ1) is 6.38. The van der Waals surface area contributed by atoms with Gasteiger partial charge in [0.2, 0.25) is 0 Å². The van der Waals surface area contributed by atoms with E-state index in [4.69, 9.17) is 0 Å². The molecule has 0 saturated heterocycles. The van der Waals surface area contributed by atoms with Crippen LogP contribution in [0.1, 0.15) is 13.8 Å². The van der Waals surface area contributed by atoms with Crippen molar-refractivity contribution >= 4 is 10.9 Å². The van der Waals surface area contributed by atoms with Crippen LogP contribution in [0.2, 0.25) is 0 Å². The second-order valence-corrected chi connectivity index (χ2v) is 2.25. The van der Waals surface area contributed by atoms with Gasteiger partial charge in [0.05, 0.1) is 6.20 Å². The van der Waals surface area contributed by atoms with Crippen LogP contribution in [-0.4, -0.2) is 15.3 Å². The summed E-state index contributed by atoms with van der Waals surface area (Å²) in [6, 6.07) is 7.06. The molecule has 0 spiro atoms. The van der Waals surface area contributed by atoms with Gasteiger partial charge in [0.25, 0.3) is 0 Å². The third-order valence-electron chi connectivity index (χ3n) is 1.52. The second kappa shape index (κ2) is 4.40. The van der Waals surface area contributed by atoms with Gasteiger partial charge in [0.1, 0.15) is 11.3 Å². The molecule has 13 heavy (non-hydrogen) atoms. The van der Waals surface area contributed by atoms with Gasteiger partial charge in [-0.15, -0.1) is 5.10 Å². The van der Waals surface area contributed by atoms with E-state index < -0.39 is 0 Å². The molecule has 0 bridgehead atoms. The number of benzene rings is 1. The monoisotopic (exact) mass is 176 g/mol. The molecule has 1 aromatic heterocycles. The molecule has 0 radical (unpaired) electrons. The topological polar surface area (TPSA) is 46.0 Å². The molecule has 0 unspecified atom stereocenters. The lowest BCUT2D eigenvalue weighted by atomic mass is 10.2. The summed E-state index contributed by atoms with van der Waals surface area (Å²) in [7, 11) is 0. The Morgan fingerprint density at radius 2 is 1.92 bits per heavy atom. The van der Waals surface area contributed by atoms with E-state index in [0.717, 1.165) is 5.39 Å². The molecule has 1 aromatic carbocycles. The zero-order valence-corrected chi connectivity index (χ0v) is 7.73. The summed E-state index contributed by atoms with van der Waals surface area (Å²) in [5.74, 6) is 0.176. The van der Waals surface area contributed by atoms with E-state index in [2.05, 4.69) is 10.2 Å². The van der Waals surface area contributed by atoms with E-state index in [0.29, 0.717) is 5.52 Å². The maximum Gasteiger partial charge on any atom is 0.143 e. The number of phenols is 1. The van der Waals surface area contributed by atoms with E-state index in [1.165, 1.54) is 0 Å². The predicted molar refractivity (Wildman–Crippen MR) is 52.6 cm³/mol. The van der Waals surface area contributed by atoms with Crippen molar-refractivity contribution in [3.8, 4) is 5.75 Å². The van der Waals surface area contributed by atoms with Crippen LogP contribution in [0, 0.1) is 0 Å². The van der Waals surface area contributed by atoms with E-state index in [1.807, 2.05) is 26.0 Å². The summed E-state index contributed by atoms with van der Waals surface area (Å²) in [6.45, 7) is 4.00. The molecular weight excluding hydrogens is 164 g/mol. The lowest BCUT2D eigenvalue weighted by molar-refractivity contribution is 0.480. The van der Waals surface area contributed by atoms with Crippen molar-refractivity contribution in [2.75, 3.05) is 0 Å². The average Bonchev–Trinajstić information content (AvgIpc) is 2.22. The Bertz CT molecular complexity index is 382. The fourth-order valence-electron chi connectivity index (χ4n) is 0.997. The molecule has 1 heterocycles. The largest absolute Gasteiger partial charge is 0.506 e. The highest BCUT2D eigenvalue weighted by Gasteiger charge is 1.97. The SMILES string of the molecule is CC.Oc1cccc2ccnnc12. The van der Waals surface area contributed by atoms with Gasteiger partial charge in [-0.05, 0) is 12.1 Å². The molecule has 0 aliphatic carbocycles. The highest BCUT2D eigenvalue weighted by atomic mass is 16.3. The van der Waals surface area contributed by atoms with Crippen LogP contribution < -0.4 is 0 Å². The number of hydrogen-bond acceptors (Lipinski definition) is 3.